The summed E-state index contributed by atoms with van der Waals surface area (Å²) in [6.07, 6.45) is 40.9. The van der Waals surface area contributed by atoms with Crippen LogP contribution in [0.3, 0.4) is 0 Å². The first-order valence-electron chi connectivity index (χ1n) is 14.1. The second-order valence-electron chi connectivity index (χ2n) is 9.47. The smallest absolute Gasteiger partial charge is 0.0351 e. The molecule has 0 aliphatic carbocycles. The lowest BCUT2D eigenvalue weighted by molar-refractivity contribution is 0.527. The van der Waals surface area contributed by atoms with Gasteiger partial charge in [-0.1, -0.05) is 161 Å². The summed E-state index contributed by atoms with van der Waals surface area (Å²) in [4.78, 5) is 0. The summed E-state index contributed by atoms with van der Waals surface area (Å²) in [5.41, 5.74) is 0. The van der Waals surface area contributed by atoms with E-state index in [1.165, 1.54) is 161 Å². The van der Waals surface area contributed by atoms with E-state index >= 15 is 0 Å². The van der Waals surface area contributed by atoms with Crippen molar-refractivity contribution >= 4 is 0 Å². The van der Waals surface area contributed by atoms with Gasteiger partial charge in [0.15, 0.2) is 0 Å². The molecule has 0 bridgehead atoms. The molecule has 0 aliphatic heterocycles. The van der Waals surface area contributed by atoms with Gasteiger partial charge in [-0.05, 0) is 25.7 Å². The standard InChI is InChI=1S/C29H58/c1-3-5-7-9-11-13-15-17-19-21-23-25-27-29-28-26-24-22-20-18-16-14-12-10-8-6-4-2/h17,19H,3-16,18,20-29H2,1-2H3/b19-17-. The highest BCUT2D eigenvalue weighted by atomic mass is 14.0. The molecule has 0 spiro atoms. The fraction of sp³-hybridized carbons (Fsp3) is 0.931. The Hall–Kier alpha value is -0.260. The van der Waals surface area contributed by atoms with Crippen LogP contribution >= 0.6 is 0 Å². The van der Waals surface area contributed by atoms with Crippen LogP contribution in [0, 0.1) is 0 Å². The molecule has 0 N–H and O–H groups in total. The number of unbranched alkanes of at least 4 members (excludes halogenated alkanes) is 23. The van der Waals surface area contributed by atoms with Crippen LogP contribution in [0.2, 0.25) is 0 Å². The second-order valence-corrected chi connectivity index (χ2v) is 9.47. The molecular weight excluding hydrogens is 348 g/mol. The number of hydrogen-bond acceptors (Lipinski definition) is 0. The maximum atomic E-state index is 2.44. The van der Waals surface area contributed by atoms with Gasteiger partial charge in [0.05, 0.1) is 0 Å². The van der Waals surface area contributed by atoms with Crippen LogP contribution in [-0.2, 0) is 0 Å². The van der Waals surface area contributed by atoms with Gasteiger partial charge in [-0.25, -0.2) is 0 Å². The Kier molecular flexibility index (Phi) is 27.5. The fourth-order valence-corrected chi connectivity index (χ4v) is 4.27. The van der Waals surface area contributed by atoms with Crippen LogP contribution in [0.5, 0.6) is 0 Å². The minimum Gasteiger partial charge on any atom is -0.0885 e. The molecule has 0 aromatic carbocycles. The van der Waals surface area contributed by atoms with E-state index in [4.69, 9.17) is 0 Å². The summed E-state index contributed by atoms with van der Waals surface area (Å²) < 4.78 is 0. The van der Waals surface area contributed by atoms with E-state index in [2.05, 4.69) is 26.0 Å². The van der Waals surface area contributed by atoms with Crippen molar-refractivity contribution in [2.75, 3.05) is 0 Å². The average molecular weight is 407 g/mol. The lowest BCUT2D eigenvalue weighted by atomic mass is 10.0. The van der Waals surface area contributed by atoms with Gasteiger partial charge in [0.25, 0.3) is 0 Å². The van der Waals surface area contributed by atoms with Gasteiger partial charge >= 0.3 is 0 Å². The molecule has 0 unspecified atom stereocenters. The molecule has 0 radical (unpaired) electrons. The molecule has 0 atom stereocenters. The van der Waals surface area contributed by atoms with Crippen molar-refractivity contribution in [3.8, 4) is 0 Å². The van der Waals surface area contributed by atoms with Crippen molar-refractivity contribution in [3.05, 3.63) is 12.2 Å². The third-order valence-electron chi connectivity index (χ3n) is 6.37. The van der Waals surface area contributed by atoms with Gasteiger partial charge in [-0.15, -0.1) is 0 Å². The van der Waals surface area contributed by atoms with E-state index in [0.717, 1.165) is 0 Å². The SMILES string of the molecule is CCCCCCCC/C=C\CCCCCCCCCCCCCCCCCCC. The maximum absolute atomic E-state index is 2.44. The molecule has 0 heteroatoms. The molecule has 0 aliphatic rings. The Balaban J connectivity index is 3.04. The molecule has 0 saturated heterocycles. The largest absolute Gasteiger partial charge is 0.0885 e. The van der Waals surface area contributed by atoms with Crippen molar-refractivity contribution in [1.82, 2.24) is 0 Å². The predicted octanol–water partition coefficient (Wildman–Crippen LogP) is 11.3. The monoisotopic (exact) mass is 406 g/mol. The van der Waals surface area contributed by atoms with Crippen LogP contribution in [0.25, 0.3) is 0 Å². The van der Waals surface area contributed by atoms with E-state index in [0.29, 0.717) is 0 Å². The van der Waals surface area contributed by atoms with E-state index < -0.39 is 0 Å². The molecule has 29 heavy (non-hydrogen) atoms. The van der Waals surface area contributed by atoms with E-state index in [1.54, 1.807) is 0 Å². The van der Waals surface area contributed by atoms with Gasteiger partial charge in [0.1, 0.15) is 0 Å². The normalized spacial score (nSPS) is 11.7. The first-order valence-corrected chi connectivity index (χ1v) is 14.1. The van der Waals surface area contributed by atoms with Gasteiger partial charge in [-0.3, -0.25) is 0 Å². The van der Waals surface area contributed by atoms with Crippen molar-refractivity contribution in [2.24, 2.45) is 0 Å². The summed E-state index contributed by atoms with van der Waals surface area (Å²) in [7, 11) is 0. The summed E-state index contributed by atoms with van der Waals surface area (Å²) in [5, 5.41) is 0. The Labute approximate surface area is 186 Å². The molecule has 0 fully saturated rings. The molecule has 0 amide bonds. The topological polar surface area (TPSA) is 0 Å². The number of rotatable bonds is 25. The average Bonchev–Trinajstić information content (AvgIpc) is 2.74. The third-order valence-corrected chi connectivity index (χ3v) is 6.37. The molecule has 0 aromatic heterocycles. The van der Waals surface area contributed by atoms with E-state index in [1.807, 2.05) is 0 Å². The minimum absolute atomic E-state index is 1.31. The molecule has 0 saturated carbocycles. The van der Waals surface area contributed by atoms with Crippen LogP contribution in [0.4, 0.5) is 0 Å². The first-order chi connectivity index (χ1) is 14.4. The Morgan fingerprint density at radius 1 is 0.276 bits per heavy atom. The zero-order valence-electron chi connectivity index (χ0n) is 20.8. The highest BCUT2D eigenvalue weighted by Crippen LogP contribution is 2.14. The molecule has 174 valence electrons. The summed E-state index contributed by atoms with van der Waals surface area (Å²) >= 11 is 0. The zero-order chi connectivity index (χ0) is 21.1. The van der Waals surface area contributed by atoms with Gasteiger partial charge < -0.3 is 0 Å². The lowest BCUT2D eigenvalue weighted by Gasteiger charge is -2.03. The Morgan fingerprint density at radius 2 is 0.483 bits per heavy atom. The quantitative estimate of drug-likeness (QED) is 0.104. The zero-order valence-corrected chi connectivity index (χ0v) is 20.8. The summed E-state index contributed by atoms with van der Waals surface area (Å²) in [6, 6.07) is 0. The van der Waals surface area contributed by atoms with E-state index in [-0.39, 0.29) is 0 Å². The minimum atomic E-state index is 1.31. The first kappa shape index (κ1) is 28.7. The van der Waals surface area contributed by atoms with Crippen LogP contribution in [0.1, 0.15) is 174 Å². The fourth-order valence-electron chi connectivity index (χ4n) is 4.27. The number of allylic oxidation sites excluding steroid dienone is 2. The Bertz CT molecular complexity index is 290. The lowest BCUT2D eigenvalue weighted by Crippen LogP contribution is -1.83. The number of hydrogen-bond donors (Lipinski definition) is 0. The molecule has 0 nitrogen and oxygen atoms in total. The van der Waals surface area contributed by atoms with Gasteiger partial charge in [0.2, 0.25) is 0 Å². The van der Waals surface area contributed by atoms with Crippen LogP contribution in [0.15, 0.2) is 12.2 Å². The van der Waals surface area contributed by atoms with E-state index in [9.17, 15) is 0 Å². The molecule has 0 aromatic rings. The maximum Gasteiger partial charge on any atom is -0.0351 e. The molecule has 0 rings (SSSR count). The third kappa shape index (κ3) is 27.7. The second kappa shape index (κ2) is 27.7. The van der Waals surface area contributed by atoms with Gasteiger partial charge in [-0.2, -0.15) is 0 Å². The highest BCUT2D eigenvalue weighted by molar-refractivity contribution is 4.81. The van der Waals surface area contributed by atoms with Crippen molar-refractivity contribution in [1.29, 1.82) is 0 Å². The molecule has 0 heterocycles. The Morgan fingerprint density at radius 3 is 0.724 bits per heavy atom. The summed E-state index contributed by atoms with van der Waals surface area (Å²) in [5.74, 6) is 0. The van der Waals surface area contributed by atoms with Crippen molar-refractivity contribution < 1.29 is 0 Å². The van der Waals surface area contributed by atoms with Gasteiger partial charge in [0, 0.05) is 0 Å². The summed E-state index contributed by atoms with van der Waals surface area (Å²) in [6.45, 7) is 4.60. The van der Waals surface area contributed by atoms with Crippen LogP contribution in [-0.4, -0.2) is 0 Å². The predicted molar refractivity (Wildman–Crippen MR) is 136 cm³/mol. The highest BCUT2D eigenvalue weighted by Gasteiger charge is 1.95. The van der Waals surface area contributed by atoms with Crippen molar-refractivity contribution in [2.45, 2.75) is 174 Å². The van der Waals surface area contributed by atoms with Crippen LogP contribution < -0.4 is 0 Å². The van der Waals surface area contributed by atoms with Crippen molar-refractivity contribution in [3.63, 3.8) is 0 Å². The molecular formula is C29H58.